The molecule has 0 saturated heterocycles. The van der Waals surface area contributed by atoms with Crippen molar-refractivity contribution in [2.75, 3.05) is 0 Å². The molecule has 1 aromatic rings. The van der Waals surface area contributed by atoms with Crippen molar-refractivity contribution < 1.29 is 17.9 Å². The Labute approximate surface area is 95.8 Å². The van der Waals surface area contributed by atoms with E-state index in [9.17, 15) is 18.0 Å². The van der Waals surface area contributed by atoms with Crippen LogP contribution in [0.3, 0.4) is 0 Å². The fourth-order valence-electron chi connectivity index (χ4n) is 0.886. The number of halogens is 4. The van der Waals surface area contributed by atoms with Gasteiger partial charge in [-0.3, -0.25) is 4.79 Å². The zero-order valence-corrected chi connectivity index (χ0v) is 9.35. The van der Waals surface area contributed by atoms with Gasteiger partial charge in [0, 0.05) is 18.3 Å². The maximum Gasteiger partial charge on any atom is 0.573 e. The Hall–Kier alpha value is -0.770. The molecular weight excluding hydrogens is 328 g/mol. The summed E-state index contributed by atoms with van der Waals surface area (Å²) >= 11 is 1.54. The number of H-pyrrole nitrogens is 1. The van der Waals surface area contributed by atoms with Crippen molar-refractivity contribution in [2.24, 2.45) is 5.73 Å². The highest BCUT2D eigenvalue weighted by Gasteiger charge is 2.33. The monoisotopic (exact) mass is 334 g/mol. The van der Waals surface area contributed by atoms with Crippen LogP contribution in [0.1, 0.15) is 5.56 Å². The second-order valence-electron chi connectivity index (χ2n) is 2.54. The van der Waals surface area contributed by atoms with Gasteiger partial charge >= 0.3 is 6.36 Å². The molecule has 0 aliphatic heterocycles. The topological polar surface area (TPSA) is 68.1 Å². The van der Waals surface area contributed by atoms with E-state index in [0.717, 1.165) is 0 Å². The van der Waals surface area contributed by atoms with E-state index in [2.05, 4.69) is 9.72 Å². The van der Waals surface area contributed by atoms with Gasteiger partial charge in [0.05, 0.1) is 0 Å². The van der Waals surface area contributed by atoms with E-state index in [1.165, 1.54) is 28.8 Å². The Morgan fingerprint density at radius 2 is 2.13 bits per heavy atom. The van der Waals surface area contributed by atoms with E-state index < -0.39 is 17.5 Å². The highest BCUT2D eigenvalue weighted by atomic mass is 127. The van der Waals surface area contributed by atoms with E-state index in [-0.39, 0.29) is 15.8 Å². The van der Waals surface area contributed by atoms with Crippen molar-refractivity contribution in [1.82, 2.24) is 4.98 Å². The molecule has 8 heteroatoms. The van der Waals surface area contributed by atoms with E-state index in [0.29, 0.717) is 0 Å². The molecule has 0 unspecified atom stereocenters. The second kappa shape index (κ2) is 4.39. The van der Waals surface area contributed by atoms with Crippen molar-refractivity contribution >= 4 is 22.6 Å². The van der Waals surface area contributed by atoms with E-state index in [1.807, 2.05) is 0 Å². The van der Waals surface area contributed by atoms with Gasteiger partial charge in [0.1, 0.15) is 3.70 Å². The van der Waals surface area contributed by atoms with Gasteiger partial charge in [-0.2, -0.15) is 0 Å². The predicted molar refractivity (Wildman–Crippen MR) is 54.4 cm³/mol. The number of hydrogen-bond acceptors (Lipinski definition) is 3. The molecule has 0 aliphatic rings. The molecule has 0 saturated carbocycles. The van der Waals surface area contributed by atoms with Crippen LogP contribution in [0.2, 0.25) is 0 Å². The molecule has 0 radical (unpaired) electrons. The highest BCUT2D eigenvalue weighted by Crippen LogP contribution is 2.23. The molecule has 1 heterocycles. The Bertz CT molecular complexity index is 416. The van der Waals surface area contributed by atoms with Crippen molar-refractivity contribution in [1.29, 1.82) is 0 Å². The van der Waals surface area contributed by atoms with Crippen molar-refractivity contribution in [3.63, 3.8) is 0 Å². The number of nitrogens with one attached hydrogen (secondary N) is 1. The summed E-state index contributed by atoms with van der Waals surface area (Å²) in [5.41, 5.74) is 4.36. The van der Waals surface area contributed by atoms with Crippen molar-refractivity contribution in [3.8, 4) is 5.75 Å². The predicted octanol–water partition coefficient (Wildman–Crippen LogP) is 1.34. The van der Waals surface area contributed by atoms with Crippen LogP contribution in [0, 0.1) is 3.70 Å². The lowest BCUT2D eigenvalue weighted by molar-refractivity contribution is -0.275. The molecule has 84 valence electrons. The van der Waals surface area contributed by atoms with Gasteiger partial charge in [0.2, 0.25) is 11.2 Å². The highest BCUT2D eigenvalue weighted by molar-refractivity contribution is 14.1. The third kappa shape index (κ3) is 3.09. The molecule has 0 atom stereocenters. The maximum absolute atomic E-state index is 11.9. The molecule has 0 amide bonds. The molecule has 15 heavy (non-hydrogen) atoms. The standard InChI is InChI=1S/C7H6F3IN2O2/c8-7(9,10)15-5-4(14)3(1-12)2-13-6(5)11/h2H,1,12H2,(H,13,14). The molecule has 1 aromatic heterocycles. The molecule has 0 spiro atoms. The molecule has 0 aliphatic carbocycles. The van der Waals surface area contributed by atoms with Crippen molar-refractivity contribution in [2.45, 2.75) is 12.9 Å². The fraction of sp³-hybridized carbons (Fsp3) is 0.286. The fourth-order valence-corrected chi connectivity index (χ4v) is 1.40. The first kappa shape index (κ1) is 12.3. The molecule has 0 bridgehead atoms. The molecule has 4 nitrogen and oxygen atoms in total. The first-order chi connectivity index (χ1) is 6.85. The zero-order valence-electron chi connectivity index (χ0n) is 7.19. The van der Waals surface area contributed by atoms with E-state index in [4.69, 9.17) is 5.73 Å². The van der Waals surface area contributed by atoms with Crippen molar-refractivity contribution in [3.05, 3.63) is 25.7 Å². The molecule has 3 N–H and O–H groups in total. The summed E-state index contributed by atoms with van der Waals surface area (Å²) in [6.07, 6.45) is -3.63. The van der Waals surface area contributed by atoms with Crippen LogP contribution in [-0.2, 0) is 6.54 Å². The quantitative estimate of drug-likeness (QED) is 0.634. The van der Waals surface area contributed by atoms with Crippen LogP contribution in [0.15, 0.2) is 11.0 Å². The first-order valence-electron chi connectivity index (χ1n) is 3.71. The minimum atomic E-state index is -4.89. The summed E-state index contributed by atoms with van der Waals surface area (Å²) < 4.78 is 39.4. The second-order valence-corrected chi connectivity index (χ2v) is 3.62. The molecule has 1 rings (SSSR count). The Kier molecular flexibility index (Phi) is 3.60. The van der Waals surface area contributed by atoms with Crippen LogP contribution in [0.25, 0.3) is 0 Å². The van der Waals surface area contributed by atoms with Crippen LogP contribution < -0.4 is 15.9 Å². The summed E-state index contributed by atoms with van der Waals surface area (Å²) in [6.45, 7) is -0.152. The minimum absolute atomic E-state index is 0.0212. The average molecular weight is 334 g/mol. The number of hydrogen-bond donors (Lipinski definition) is 2. The normalized spacial score (nSPS) is 11.5. The number of ether oxygens (including phenoxy) is 1. The molecular formula is C7H6F3IN2O2. The minimum Gasteiger partial charge on any atom is -0.399 e. The van der Waals surface area contributed by atoms with Crippen LogP contribution in [0.4, 0.5) is 13.2 Å². The molecule has 0 aromatic carbocycles. The summed E-state index contributed by atoms with van der Waals surface area (Å²) in [4.78, 5) is 13.8. The maximum atomic E-state index is 11.9. The lowest BCUT2D eigenvalue weighted by Gasteiger charge is -2.10. The summed E-state index contributed by atoms with van der Waals surface area (Å²) in [5, 5.41) is 0. The lowest BCUT2D eigenvalue weighted by atomic mass is 10.3. The van der Waals surface area contributed by atoms with Gasteiger partial charge in [-0.25, -0.2) is 0 Å². The summed E-state index contributed by atoms with van der Waals surface area (Å²) in [7, 11) is 0. The van der Waals surface area contributed by atoms with E-state index in [1.54, 1.807) is 0 Å². The Balaban J connectivity index is 3.22. The smallest absolute Gasteiger partial charge is 0.399 e. The third-order valence-corrected chi connectivity index (χ3v) is 2.31. The number of aromatic nitrogens is 1. The largest absolute Gasteiger partial charge is 0.573 e. The summed E-state index contributed by atoms with van der Waals surface area (Å²) in [6, 6.07) is 0. The van der Waals surface area contributed by atoms with Crippen LogP contribution >= 0.6 is 22.6 Å². The van der Waals surface area contributed by atoms with Gasteiger partial charge in [0.15, 0.2) is 0 Å². The number of alkyl halides is 3. The number of nitrogens with two attached hydrogens (primary N) is 1. The number of rotatable bonds is 2. The molecule has 0 fully saturated rings. The van der Waals surface area contributed by atoms with Gasteiger partial charge in [-0.05, 0) is 22.6 Å². The van der Waals surface area contributed by atoms with Crippen LogP contribution in [0.5, 0.6) is 5.75 Å². The number of pyridine rings is 1. The SMILES string of the molecule is NCc1c[nH]c(I)c(OC(F)(F)F)c1=O. The zero-order chi connectivity index (χ0) is 11.6. The van der Waals surface area contributed by atoms with Crippen LogP contribution in [-0.4, -0.2) is 11.3 Å². The lowest BCUT2D eigenvalue weighted by Crippen LogP contribution is -2.25. The third-order valence-electron chi connectivity index (χ3n) is 1.51. The van der Waals surface area contributed by atoms with E-state index >= 15 is 0 Å². The Morgan fingerprint density at radius 1 is 1.53 bits per heavy atom. The van der Waals surface area contributed by atoms with Gasteiger partial charge < -0.3 is 15.5 Å². The average Bonchev–Trinajstić information content (AvgIpc) is 2.11. The Morgan fingerprint density at radius 3 is 2.60 bits per heavy atom. The number of aromatic amines is 1. The first-order valence-corrected chi connectivity index (χ1v) is 4.79. The summed E-state index contributed by atoms with van der Waals surface area (Å²) in [5.74, 6) is -0.772. The van der Waals surface area contributed by atoms with Gasteiger partial charge in [-0.1, -0.05) is 0 Å². The van der Waals surface area contributed by atoms with Gasteiger partial charge in [0.25, 0.3) is 0 Å². The van der Waals surface area contributed by atoms with Gasteiger partial charge in [-0.15, -0.1) is 13.2 Å².